The number of carbonyl (C=O) groups excluding carboxylic acids is 1. The normalized spacial score (nSPS) is 15.3. The molecule has 0 aromatic heterocycles. The van der Waals surface area contributed by atoms with Crippen LogP contribution in [0.2, 0.25) is 0 Å². The first-order chi connectivity index (χ1) is 7.17. The van der Waals surface area contributed by atoms with Gasteiger partial charge >= 0.3 is 11.9 Å². The molecule has 0 rings (SSSR count). The molecular formula is C10H19NO5. The zero-order valence-corrected chi connectivity index (χ0v) is 10.0. The lowest BCUT2D eigenvalue weighted by Gasteiger charge is -2.23. The molecule has 0 radical (unpaired) electrons. The van der Waals surface area contributed by atoms with Crippen molar-refractivity contribution in [3.63, 3.8) is 0 Å². The molecular weight excluding hydrogens is 214 g/mol. The topological polar surface area (TPSA) is 98.9 Å². The lowest BCUT2D eigenvalue weighted by Crippen LogP contribution is -2.44. The van der Waals surface area contributed by atoms with E-state index < -0.39 is 29.7 Å². The van der Waals surface area contributed by atoms with Gasteiger partial charge in [-0.3, -0.25) is 9.59 Å². The zero-order valence-electron chi connectivity index (χ0n) is 10.0. The third-order valence-electron chi connectivity index (χ3n) is 1.78. The Morgan fingerprint density at radius 3 is 2.19 bits per heavy atom. The second-order valence-electron chi connectivity index (χ2n) is 4.43. The minimum atomic E-state index is -1.24. The van der Waals surface area contributed by atoms with Crippen LogP contribution in [0.4, 0.5) is 0 Å². The van der Waals surface area contributed by atoms with Gasteiger partial charge in [0, 0.05) is 7.11 Å². The highest BCUT2D eigenvalue weighted by Gasteiger charge is 2.28. The number of ether oxygens (including phenoxy) is 2. The predicted octanol–water partition coefficient (Wildman–Crippen LogP) is 0.145. The van der Waals surface area contributed by atoms with Gasteiger partial charge in [0.2, 0.25) is 0 Å². The number of esters is 1. The Kier molecular flexibility index (Phi) is 5.40. The van der Waals surface area contributed by atoms with Crippen molar-refractivity contribution in [1.29, 1.82) is 0 Å². The summed E-state index contributed by atoms with van der Waals surface area (Å²) < 4.78 is 9.88. The van der Waals surface area contributed by atoms with E-state index in [9.17, 15) is 9.59 Å². The van der Waals surface area contributed by atoms with Crippen molar-refractivity contribution in [2.45, 2.75) is 44.9 Å². The van der Waals surface area contributed by atoms with Crippen molar-refractivity contribution >= 4 is 11.9 Å². The minimum absolute atomic E-state index is 0.179. The van der Waals surface area contributed by atoms with E-state index in [4.69, 9.17) is 20.3 Å². The summed E-state index contributed by atoms with van der Waals surface area (Å²) in [5.74, 6) is -1.74. The quantitative estimate of drug-likeness (QED) is 0.655. The van der Waals surface area contributed by atoms with Gasteiger partial charge in [0.05, 0.1) is 12.5 Å². The smallest absolute Gasteiger partial charge is 0.323 e. The fraction of sp³-hybridized carbons (Fsp3) is 0.800. The summed E-state index contributed by atoms with van der Waals surface area (Å²) in [5.41, 5.74) is 4.74. The second kappa shape index (κ2) is 5.81. The third kappa shape index (κ3) is 5.67. The summed E-state index contributed by atoms with van der Waals surface area (Å²) in [5, 5.41) is 8.67. The second-order valence-corrected chi connectivity index (χ2v) is 4.43. The van der Waals surface area contributed by atoms with E-state index >= 15 is 0 Å². The molecule has 16 heavy (non-hydrogen) atoms. The predicted molar refractivity (Wildman–Crippen MR) is 56.9 cm³/mol. The molecule has 6 heteroatoms. The molecule has 6 nitrogen and oxygen atoms in total. The summed E-state index contributed by atoms with van der Waals surface area (Å²) in [7, 11) is 1.30. The van der Waals surface area contributed by atoms with Gasteiger partial charge in [0.1, 0.15) is 11.6 Å². The van der Waals surface area contributed by atoms with Crippen molar-refractivity contribution in [3.8, 4) is 0 Å². The van der Waals surface area contributed by atoms with E-state index in [0.29, 0.717) is 0 Å². The molecule has 2 unspecified atom stereocenters. The monoisotopic (exact) mass is 233 g/mol. The zero-order chi connectivity index (χ0) is 12.9. The molecule has 0 heterocycles. The van der Waals surface area contributed by atoms with Crippen LogP contribution in [0.1, 0.15) is 27.2 Å². The molecule has 3 N–H and O–H groups in total. The molecule has 0 aliphatic rings. The number of carbonyl (C=O) groups is 2. The summed E-state index contributed by atoms with van der Waals surface area (Å²) in [6.45, 7) is 5.18. The van der Waals surface area contributed by atoms with Crippen LogP contribution in [0.5, 0.6) is 0 Å². The third-order valence-corrected chi connectivity index (χ3v) is 1.78. The average Bonchev–Trinajstić information content (AvgIpc) is 2.09. The van der Waals surface area contributed by atoms with Crippen LogP contribution >= 0.6 is 0 Å². The molecule has 2 atom stereocenters. The summed E-state index contributed by atoms with van der Waals surface area (Å²) >= 11 is 0. The molecule has 0 aromatic carbocycles. The SMILES string of the molecule is COC(CC(=O)OC(C)(C)C)C(N)C(=O)O. The number of aliphatic carboxylic acids is 1. The van der Waals surface area contributed by atoms with Crippen molar-refractivity contribution < 1.29 is 24.2 Å². The Bertz CT molecular complexity index is 258. The van der Waals surface area contributed by atoms with E-state index in [-0.39, 0.29) is 6.42 Å². The standard InChI is InChI=1S/C10H19NO5/c1-10(2,3)16-7(12)5-6(15-4)8(11)9(13)14/h6,8H,5,11H2,1-4H3,(H,13,14). The van der Waals surface area contributed by atoms with Gasteiger partial charge in [0.25, 0.3) is 0 Å². The summed E-state index contributed by atoms with van der Waals surface area (Å²) in [6, 6.07) is -1.24. The Hall–Kier alpha value is -1.14. The van der Waals surface area contributed by atoms with Crippen LogP contribution < -0.4 is 5.73 Å². The van der Waals surface area contributed by atoms with Gasteiger partial charge in [-0.2, -0.15) is 0 Å². The first-order valence-electron chi connectivity index (χ1n) is 4.90. The Morgan fingerprint density at radius 2 is 1.88 bits per heavy atom. The first kappa shape index (κ1) is 14.9. The van der Waals surface area contributed by atoms with Crippen LogP contribution in [0.15, 0.2) is 0 Å². The van der Waals surface area contributed by atoms with Gasteiger partial charge in [0.15, 0.2) is 0 Å². The van der Waals surface area contributed by atoms with Crippen molar-refractivity contribution in [3.05, 3.63) is 0 Å². The fourth-order valence-corrected chi connectivity index (χ4v) is 1.06. The van der Waals surface area contributed by atoms with Crippen LogP contribution in [0.25, 0.3) is 0 Å². The lowest BCUT2D eigenvalue weighted by molar-refractivity contribution is -0.158. The molecule has 0 bridgehead atoms. The highest BCUT2D eigenvalue weighted by molar-refractivity contribution is 5.76. The molecule has 0 aromatic rings. The van der Waals surface area contributed by atoms with Crippen LogP contribution in [0, 0.1) is 0 Å². The van der Waals surface area contributed by atoms with Gasteiger partial charge in [-0.1, -0.05) is 0 Å². The molecule has 0 saturated heterocycles. The Balaban J connectivity index is 4.33. The number of nitrogens with two attached hydrogens (primary N) is 1. The number of hydrogen-bond donors (Lipinski definition) is 2. The molecule has 0 spiro atoms. The van der Waals surface area contributed by atoms with Gasteiger partial charge in [-0.05, 0) is 20.8 Å². The fourth-order valence-electron chi connectivity index (χ4n) is 1.06. The van der Waals surface area contributed by atoms with Crippen molar-refractivity contribution in [1.82, 2.24) is 0 Å². The highest BCUT2D eigenvalue weighted by atomic mass is 16.6. The van der Waals surface area contributed by atoms with Crippen LogP contribution in [-0.4, -0.2) is 41.9 Å². The van der Waals surface area contributed by atoms with E-state index in [1.165, 1.54) is 7.11 Å². The van der Waals surface area contributed by atoms with E-state index in [1.807, 2.05) is 0 Å². The largest absolute Gasteiger partial charge is 0.480 e. The molecule has 0 amide bonds. The molecule has 0 saturated carbocycles. The lowest BCUT2D eigenvalue weighted by atomic mass is 10.1. The number of hydrogen-bond acceptors (Lipinski definition) is 5. The average molecular weight is 233 g/mol. The maximum atomic E-state index is 11.4. The molecule has 0 fully saturated rings. The van der Waals surface area contributed by atoms with Gasteiger partial charge < -0.3 is 20.3 Å². The Labute approximate surface area is 94.7 Å². The number of rotatable bonds is 5. The van der Waals surface area contributed by atoms with Crippen LogP contribution in [-0.2, 0) is 19.1 Å². The summed E-state index contributed by atoms with van der Waals surface area (Å²) in [4.78, 5) is 22.0. The highest BCUT2D eigenvalue weighted by Crippen LogP contribution is 2.11. The van der Waals surface area contributed by atoms with Crippen molar-refractivity contribution in [2.24, 2.45) is 5.73 Å². The van der Waals surface area contributed by atoms with Gasteiger partial charge in [-0.15, -0.1) is 0 Å². The molecule has 0 aliphatic heterocycles. The number of methoxy groups -OCH3 is 1. The molecule has 94 valence electrons. The van der Waals surface area contributed by atoms with E-state index in [0.717, 1.165) is 0 Å². The maximum absolute atomic E-state index is 11.4. The summed E-state index contributed by atoms with van der Waals surface area (Å²) in [6.07, 6.45) is -1.06. The van der Waals surface area contributed by atoms with Crippen molar-refractivity contribution in [2.75, 3.05) is 7.11 Å². The Morgan fingerprint density at radius 1 is 1.38 bits per heavy atom. The number of carboxylic acid groups (broad SMARTS) is 1. The first-order valence-corrected chi connectivity index (χ1v) is 4.90. The van der Waals surface area contributed by atoms with Gasteiger partial charge in [-0.25, -0.2) is 0 Å². The van der Waals surface area contributed by atoms with E-state index in [1.54, 1.807) is 20.8 Å². The molecule has 0 aliphatic carbocycles. The van der Waals surface area contributed by atoms with E-state index in [2.05, 4.69) is 0 Å². The minimum Gasteiger partial charge on any atom is -0.480 e. The number of carboxylic acids is 1. The maximum Gasteiger partial charge on any atom is 0.323 e. The van der Waals surface area contributed by atoms with Crippen LogP contribution in [0.3, 0.4) is 0 Å².